The van der Waals surface area contributed by atoms with E-state index in [1.807, 2.05) is 30.7 Å². The summed E-state index contributed by atoms with van der Waals surface area (Å²) in [6.45, 7) is 4.16. The molecule has 3 heterocycles. The van der Waals surface area contributed by atoms with E-state index >= 15 is 0 Å². The molecule has 0 bridgehead atoms. The molecule has 4 rings (SSSR count). The summed E-state index contributed by atoms with van der Waals surface area (Å²) in [6.07, 6.45) is 8.06. The summed E-state index contributed by atoms with van der Waals surface area (Å²) in [4.78, 5) is 4.07. The molecule has 24 heavy (non-hydrogen) atoms. The Morgan fingerprint density at radius 3 is 2.62 bits per heavy atom. The highest BCUT2D eigenvalue weighted by atomic mass is 15.3. The highest BCUT2D eigenvalue weighted by molar-refractivity contribution is 5.62. The molecule has 2 aromatic heterocycles. The van der Waals surface area contributed by atoms with Gasteiger partial charge in [-0.05, 0) is 48.6 Å². The van der Waals surface area contributed by atoms with Gasteiger partial charge in [0.25, 0.3) is 0 Å². The molecule has 0 saturated carbocycles. The molecule has 1 aromatic carbocycles. The second kappa shape index (κ2) is 6.57. The molecular formula is C20H22N4. The minimum absolute atomic E-state index is 0.326. The van der Waals surface area contributed by atoms with Crippen molar-refractivity contribution in [1.82, 2.24) is 20.1 Å². The predicted molar refractivity (Wildman–Crippen MR) is 95.5 cm³/mol. The summed E-state index contributed by atoms with van der Waals surface area (Å²) in [5, 5.41) is 8.12. The van der Waals surface area contributed by atoms with Crippen molar-refractivity contribution in [3.05, 3.63) is 71.8 Å². The lowest BCUT2D eigenvalue weighted by Gasteiger charge is -2.14. The predicted octanol–water partition coefficient (Wildman–Crippen LogP) is 3.74. The highest BCUT2D eigenvalue weighted by Gasteiger charge is 2.19. The molecule has 1 N–H and O–H groups in total. The van der Waals surface area contributed by atoms with Crippen LogP contribution >= 0.6 is 0 Å². The van der Waals surface area contributed by atoms with Gasteiger partial charge in [0.1, 0.15) is 0 Å². The van der Waals surface area contributed by atoms with Crippen LogP contribution in [-0.2, 0) is 19.5 Å². The molecule has 3 aromatic rings. The number of nitrogens with one attached hydrogen (secondary N) is 1. The van der Waals surface area contributed by atoms with Crippen molar-refractivity contribution < 1.29 is 0 Å². The van der Waals surface area contributed by atoms with E-state index in [1.165, 1.54) is 34.4 Å². The summed E-state index contributed by atoms with van der Waals surface area (Å²) in [5.74, 6) is 0. The molecule has 1 atom stereocenters. The SMILES string of the molecule is CC(NCc1ccc(-c2ccncc2)cc1)c1cnn2c1CCC2. The Balaban J connectivity index is 1.40. The zero-order valence-corrected chi connectivity index (χ0v) is 13.9. The average Bonchev–Trinajstić information content (AvgIpc) is 3.24. The van der Waals surface area contributed by atoms with Crippen molar-refractivity contribution >= 4 is 0 Å². The summed E-state index contributed by atoms with van der Waals surface area (Å²) >= 11 is 0. The summed E-state index contributed by atoms with van der Waals surface area (Å²) in [5.41, 5.74) is 6.48. The second-order valence-corrected chi connectivity index (χ2v) is 6.41. The number of rotatable bonds is 5. The third kappa shape index (κ3) is 2.97. The topological polar surface area (TPSA) is 42.7 Å². The fourth-order valence-electron chi connectivity index (χ4n) is 3.39. The first-order valence-corrected chi connectivity index (χ1v) is 8.58. The van der Waals surface area contributed by atoms with Crippen LogP contribution < -0.4 is 5.32 Å². The maximum atomic E-state index is 4.49. The summed E-state index contributed by atoms with van der Waals surface area (Å²) in [6, 6.07) is 13.1. The van der Waals surface area contributed by atoms with Gasteiger partial charge in [-0.25, -0.2) is 0 Å². The summed E-state index contributed by atoms with van der Waals surface area (Å²) < 4.78 is 2.15. The number of aromatic nitrogens is 3. The molecule has 4 heteroatoms. The number of aryl methyl sites for hydroxylation is 1. The van der Waals surface area contributed by atoms with Crippen molar-refractivity contribution in [2.75, 3.05) is 0 Å². The molecule has 0 amide bonds. The Kier molecular flexibility index (Phi) is 4.13. The molecular weight excluding hydrogens is 296 g/mol. The van der Waals surface area contributed by atoms with Crippen LogP contribution in [0.1, 0.15) is 36.2 Å². The Bertz CT molecular complexity index is 805. The standard InChI is InChI=1S/C20H22N4/c1-15(19-14-23-24-12-2-3-20(19)24)22-13-16-4-6-17(7-5-16)18-8-10-21-11-9-18/h4-11,14-15,22H,2-3,12-13H2,1H3. The van der Waals surface area contributed by atoms with Crippen LogP contribution in [0.5, 0.6) is 0 Å². The van der Waals surface area contributed by atoms with E-state index in [4.69, 9.17) is 0 Å². The van der Waals surface area contributed by atoms with Gasteiger partial charge >= 0.3 is 0 Å². The van der Waals surface area contributed by atoms with E-state index < -0.39 is 0 Å². The van der Waals surface area contributed by atoms with Gasteiger partial charge in [0.15, 0.2) is 0 Å². The van der Waals surface area contributed by atoms with E-state index in [0.717, 1.165) is 19.5 Å². The molecule has 0 spiro atoms. The van der Waals surface area contributed by atoms with Gasteiger partial charge in [0.2, 0.25) is 0 Å². The molecule has 4 nitrogen and oxygen atoms in total. The molecule has 1 aliphatic heterocycles. The van der Waals surface area contributed by atoms with Crippen LogP contribution in [0.15, 0.2) is 55.0 Å². The normalized spacial score (nSPS) is 14.5. The van der Waals surface area contributed by atoms with E-state index in [2.05, 4.69) is 51.3 Å². The lowest BCUT2D eigenvalue weighted by atomic mass is 10.0. The lowest BCUT2D eigenvalue weighted by Crippen LogP contribution is -2.18. The minimum atomic E-state index is 0.326. The fourth-order valence-corrected chi connectivity index (χ4v) is 3.39. The molecule has 0 saturated heterocycles. The van der Waals surface area contributed by atoms with E-state index in [0.29, 0.717) is 6.04 Å². The second-order valence-electron chi connectivity index (χ2n) is 6.41. The van der Waals surface area contributed by atoms with Gasteiger partial charge in [-0.3, -0.25) is 9.67 Å². The van der Waals surface area contributed by atoms with Crippen LogP contribution in [0.2, 0.25) is 0 Å². The molecule has 1 aliphatic rings. The first kappa shape index (κ1) is 15.1. The number of benzene rings is 1. The first-order chi connectivity index (χ1) is 11.8. The largest absolute Gasteiger partial charge is 0.306 e. The zero-order valence-electron chi connectivity index (χ0n) is 13.9. The number of nitrogens with zero attached hydrogens (tertiary/aromatic N) is 3. The van der Waals surface area contributed by atoms with Crippen LogP contribution in [0, 0.1) is 0 Å². The average molecular weight is 318 g/mol. The van der Waals surface area contributed by atoms with Crippen LogP contribution in [-0.4, -0.2) is 14.8 Å². The van der Waals surface area contributed by atoms with Gasteiger partial charge in [0.05, 0.1) is 6.20 Å². The van der Waals surface area contributed by atoms with Crippen molar-refractivity contribution in [3.63, 3.8) is 0 Å². The van der Waals surface area contributed by atoms with Crippen molar-refractivity contribution in [1.29, 1.82) is 0 Å². The third-order valence-corrected chi connectivity index (χ3v) is 4.81. The van der Waals surface area contributed by atoms with Gasteiger partial charge in [-0.2, -0.15) is 5.10 Å². The fraction of sp³-hybridized carbons (Fsp3) is 0.300. The lowest BCUT2D eigenvalue weighted by molar-refractivity contribution is 0.570. The van der Waals surface area contributed by atoms with Crippen LogP contribution in [0.3, 0.4) is 0 Å². The Morgan fingerprint density at radius 2 is 1.83 bits per heavy atom. The molecule has 0 aliphatic carbocycles. The Hall–Kier alpha value is -2.46. The number of pyridine rings is 1. The van der Waals surface area contributed by atoms with Gasteiger partial charge in [-0.1, -0.05) is 24.3 Å². The quantitative estimate of drug-likeness (QED) is 0.779. The van der Waals surface area contributed by atoms with Crippen LogP contribution in [0.25, 0.3) is 11.1 Å². The molecule has 0 fully saturated rings. The van der Waals surface area contributed by atoms with E-state index in [9.17, 15) is 0 Å². The van der Waals surface area contributed by atoms with Crippen molar-refractivity contribution in [3.8, 4) is 11.1 Å². The maximum absolute atomic E-state index is 4.49. The zero-order chi connectivity index (χ0) is 16.4. The number of hydrogen-bond acceptors (Lipinski definition) is 3. The number of hydrogen-bond donors (Lipinski definition) is 1. The molecule has 122 valence electrons. The molecule has 0 radical (unpaired) electrons. The maximum Gasteiger partial charge on any atom is 0.0540 e. The Morgan fingerprint density at radius 1 is 1.08 bits per heavy atom. The van der Waals surface area contributed by atoms with E-state index in [1.54, 1.807) is 0 Å². The Labute approximate surface area is 142 Å². The van der Waals surface area contributed by atoms with Crippen LogP contribution in [0.4, 0.5) is 0 Å². The molecule has 1 unspecified atom stereocenters. The third-order valence-electron chi connectivity index (χ3n) is 4.81. The van der Waals surface area contributed by atoms with Crippen molar-refractivity contribution in [2.24, 2.45) is 0 Å². The van der Waals surface area contributed by atoms with Crippen molar-refractivity contribution in [2.45, 2.75) is 38.9 Å². The minimum Gasteiger partial charge on any atom is -0.306 e. The highest BCUT2D eigenvalue weighted by Crippen LogP contribution is 2.24. The smallest absolute Gasteiger partial charge is 0.0540 e. The first-order valence-electron chi connectivity index (χ1n) is 8.58. The van der Waals surface area contributed by atoms with Gasteiger partial charge in [-0.15, -0.1) is 0 Å². The monoisotopic (exact) mass is 318 g/mol. The van der Waals surface area contributed by atoms with Gasteiger partial charge in [0, 0.05) is 42.8 Å². The number of fused-ring (bicyclic) bond motifs is 1. The van der Waals surface area contributed by atoms with Gasteiger partial charge < -0.3 is 5.32 Å². The summed E-state index contributed by atoms with van der Waals surface area (Å²) in [7, 11) is 0. The van der Waals surface area contributed by atoms with E-state index in [-0.39, 0.29) is 0 Å².